The molecule has 1 aromatic carbocycles. The average molecular weight is 293 g/mol. The number of carbonyl (C=O) groups is 1. The predicted molar refractivity (Wildman–Crippen MR) is 78.1 cm³/mol. The van der Waals surface area contributed by atoms with Gasteiger partial charge in [0, 0.05) is 16.8 Å². The molecule has 0 atom stereocenters. The average Bonchev–Trinajstić information content (AvgIpc) is 2.74. The molecule has 0 amide bonds. The Morgan fingerprint density at radius 3 is 2.80 bits per heavy atom. The van der Waals surface area contributed by atoms with Crippen LogP contribution in [0.2, 0.25) is 5.02 Å². The van der Waals surface area contributed by atoms with E-state index >= 15 is 0 Å². The Morgan fingerprint density at radius 1 is 1.40 bits per heavy atom. The molecule has 20 heavy (non-hydrogen) atoms. The lowest BCUT2D eigenvalue weighted by Crippen LogP contribution is -2.24. The molecule has 0 aliphatic heterocycles. The third-order valence-electron chi connectivity index (χ3n) is 2.48. The van der Waals surface area contributed by atoms with E-state index in [0.29, 0.717) is 5.02 Å². The minimum absolute atomic E-state index is 0.206. The number of halogens is 1. The molecule has 0 spiro atoms. The van der Waals surface area contributed by atoms with Crippen LogP contribution in [0.1, 0.15) is 26.3 Å². The molecule has 0 saturated heterocycles. The van der Waals surface area contributed by atoms with Gasteiger partial charge in [0.1, 0.15) is 5.60 Å². The highest BCUT2D eigenvalue weighted by Gasteiger charge is 2.17. The lowest BCUT2D eigenvalue weighted by molar-refractivity contribution is -0.153. The van der Waals surface area contributed by atoms with E-state index in [1.54, 1.807) is 23.1 Å². The topological polar surface area (TPSA) is 44.1 Å². The van der Waals surface area contributed by atoms with Gasteiger partial charge in [-0.2, -0.15) is 5.10 Å². The lowest BCUT2D eigenvalue weighted by Gasteiger charge is -2.19. The van der Waals surface area contributed by atoms with Gasteiger partial charge in [0.2, 0.25) is 0 Å². The zero-order chi connectivity index (χ0) is 14.8. The number of aromatic nitrogens is 2. The van der Waals surface area contributed by atoms with E-state index < -0.39 is 5.60 Å². The normalized spacial score (nSPS) is 11.4. The Balaban J connectivity index is 2.08. The van der Waals surface area contributed by atoms with Gasteiger partial charge in [-0.3, -0.25) is 4.79 Å². The molecule has 0 fully saturated rings. The summed E-state index contributed by atoms with van der Waals surface area (Å²) in [5, 5.41) is 4.87. The lowest BCUT2D eigenvalue weighted by atomic mass is 10.2. The van der Waals surface area contributed by atoms with Crippen molar-refractivity contribution in [3.63, 3.8) is 0 Å². The van der Waals surface area contributed by atoms with E-state index in [9.17, 15) is 4.79 Å². The van der Waals surface area contributed by atoms with Gasteiger partial charge in [-0.25, -0.2) is 4.68 Å². The third kappa shape index (κ3) is 4.10. The van der Waals surface area contributed by atoms with Gasteiger partial charge in [0.25, 0.3) is 0 Å². The van der Waals surface area contributed by atoms with Crippen molar-refractivity contribution in [3.8, 4) is 5.69 Å². The highest BCUT2D eigenvalue weighted by molar-refractivity contribution is 6.30. The SMILES string of the molecule is CC(C)(C)OC(=O)Cc1cnn(-c2cccc(Cl)c2)c1. The van der Waals surface area contributed by atoms with Crippen molar-refractivity contribution >= 4 is 17.6 Å². The molecule has 2 rings (SSSR count). The number of esters is 1. The van der Waals surface area contributed by atoms with Crippen molar-refractivity contribution in [1.82, 2.24) is 9.78 Å². The molecule has 0 bridgehead atoms. The summed E-state index contributed by atoms with van der Waals surface area (Å²) in [6.07, 6.45) is 3.66. The van der Waals surface area contributed by atoms with Crippen LogP contribution in [0.25, 0.3) is 5.69 Å². The van der Waals surface area contributed by atoms with Crippen LogP contribution in [0.4, 0.5) is 0 Å². The summed E-state index contributed by atoms with van der Waals surface area (Å²) in [5.74, 6) is -0.261. The Hall–Kier alpha value is -1.81. The molecule has 1 aromatic heterocycles. The fraction of sp³-hybridized carbons (Fsp3) is 0.333. The Bertz CT molecular complexity index is 614. The smallest absolute Gasteiger partial charge is 0.310 e. The van der Waals surface area contributed by atoms with Crippen LogP contribution in [-0.4, -0.2) is 21.4 Å². The minimum Gasteiger partial charge on any atom is -0.460 e. The van der Waals surface area contributed by atoms with Crippen molar-refractivity contribution in [3.05, 3.63) is 47.2 Å². The second-order valence-electron chi connectivity index (χ2n) is 5.54. The first kappa shape index (κ1) is 14.6. The summed E-state index contributed by atoms with van der Waals surface area (Å²) in [4.78, 5) is 11.7. The standard InChI is InChI=1S/C15H17ClN2O2/c1-15(2,3)20-14(19)7-11-9-17-18(10-11)13-6-4-5-12(16)8-13/h4-6,8-10H,7H2,1-3H3. The van der Waals surface area contributed by atoms with E-state index in [-0.39, 0.29) is 12.4 Å². The van der Waals surface area contributed by atoms with Gasteiger partial charge in [-0.05, 0) is 39.0 Å². The van der Waals surface area contributed by atoms with Crippen LogP contribution in [0.15, 0.2) is 36.7 Å². The molecule has 0 radical (unpaired) electrons. The molecular weight excluding hydrogens is 276 g/mol. The monoisotopic (exact) mass is 292 g/mol. The van der Waals surface area contributed by atoms with Crippen molar-refractivity contribution in [2.24, 2.45) is 0 Å². The van der Waals surface area contributed by atoms with Crippen molar-refractivity contribution in [2.45, 2.75) is 32.8 Å². The number of ether oxygens (including phenoxy) is 1. The zero-order valence-corrected chi connectivity index (χ0v) is 12.5. The molecule has 0 saturated carbocycles. The fourth-order valence-electron chi connectivity index (χ4n) is 1.76. The van der Waals surface area contributed by atoms with Gasteiger partial charge in [-0.15, -0.1) is 0 Å². The van der Waals surface area contributed by atoms with Gasteiger partial charge >= 0.3 is 5.97 Å². The molecule has 4 nitrogen and oxygen atoms in total. The maximum atomic E-state index is 11.7. The highest BCUT2D eigenvalue weighted by atomic mass is 35.5. The Morgan fingerprint density at radius 2 is 2.15 bits per heavy atom. The Kier molecular flexibility index (Phi) is 4.14. The zero-order valence-electron chi connectivity index (χ0n) is 11.8. The van der Waals surface area contributed by atoms with Crippen LogP contribution >= 0.6 is 11.6 Å². The van der Waals surface area contributed by atoms with E-state index in [1.807, 2.05) is 39.0 Å². The molecule has 106 valence electrons. The second-order valence-corrected chi connectivity index (χ2v) is 5.97. The first-order chi connectivity index (χ1) is 9.33. The number of nitrogens with zero attached hydrogens (tertiary/aromatic N) is 2. The summed E-state index contributed by atoms with van der Waals surface area (Å²) < 4.78 is 6.96. The van der Waals surface area contributed by atoms with Crippen LogP contribution in [0.5, 0.6) is 0 Å². The summed E-state index contributed by atoms with van der Waals surface area (Å²) in [6.45, 7) is 5.54. The molecule has 2 aromatic rings. The fourth-order valence-corrected chi connectivity index (χ4v) is 1.94. The maximum absolute atomic E-state index is 11.7. The molecule has 5 heteroatoms. The highest BCUT2D eigenvalue weighted by Crippen LogP contribution is 2.15. The largest absolute Gasteiger partial charge is 0.460 e. The molecule has 0 N–H and O–H groups in total. The van der Waals surface area contributed by atoms with Crippen molar-refractivity contribution in [1.29, 1.82) is 0 Å². The number of hydrogen-bond acceptors (Lipinski definition) is 3. The van der Waals surface area contributed by atoms with Gasteiger partial charge in [-0.1, -0.05) is 17.7 Å². The first-order valence-electron chi connectivity index (χ1n) is 6.35. The van der Waals surface area contributed by atoms with Crippen LogP contribution in [0, 0.1) is 0 Å². The predicted octanol–water partition coefficient (Wildman–Crippen LogP) is 3.41. The minimum atomic E-state index is -0.472. The number of benzene rings is 1. The molecule has 0 aliphatic rings. The molecule has 0 aliphatic carbocycles. The van der Waals surface area contributed by atoms with Crippen molar-refractivity contribution < 1.29 is 9.53 Å². The van der Waals surface area contributed by atoms with E-state index in [2.05, 4.69) is 5.10 Å². The molecule has 0 unspecified atom stereocenters. The van der Waals surface area contributed by atoms with Gasteiger partial charge in [0.15, 0.2) is 0 Å². The van der Waals surface area contributed by atoms with E-state index in [0.717, 1.165) is 11.3 Å². The molecular formula is C15H17ClN2O2. The number of hydrogen-bond donors (Lipinski definition) is 0. The van der Waals surface area contributed by atoms with Crippen LogP contribution in [0.3, 0.4) is 0 Å². The van der Waals surface area contributed by atoms with E-state index in [4.69, 9.17) is 16.3 Å². The number of carbonyl (C=O) groups excluding carboxylic acids is 1. The summed E-state index contributed by atoms with van der Waals surface area (Å²) >= 11 is 5.94. The quantitative estimate of drug-likeness (QED) is 0.814. The summed E-state index contributed by atoms with van der Waals surface area (Å²) in [6, 6.07) is 7.37. The maximum Gasteiger partial charge on any atom is 0.310 e. The summed E-state index contributed by atoms with van der Waals surface area (Å²) in [7, 11) is 0. The second kappa shape index (κ2) is 5.67. The summed E-state index contributed by atoms with van der Waals surface area (Å²) in [5.41, 5.74) is 1.19. The Labute approximate surface area is 123 Å². The van der Waals surface area contributed by atoms with Crippen LogP contribution in [-0.2, 0) is 16.0 Å². The third-order valence-corrected chi connectivity index (χ3v) is 2.71. The van der Waals surface area contributed by atoms with Gasteiger partial charge in [0.05, 0.1) is 18.3 Å². The first-order valence-corrected chi connectivity index (χ1v) is 6.73. The van der Waals surface area contributed by atoms with Crippen LogP contribution < -0.4 is 0 Å². The van der Waals surface area contributed by atoms with Crippen molar-refractivity contribution in [2.75, 3.05) is 0 Å². The van der Waals surface area contributed by atoms with E-state index in [1.165, 1.54) is 0 Å². The molecule has 1 heterocycles. The number of rotatable bonds is 3. The van der Waals surface area contributed by atoms with Gasteiger partial charge < -0.3 is 4.74 Å².